The van der Waals surface area contributed by atoms with Crippen LogP contribution in [0.1, 0.15) is 15.9 Å². The Hall–Kier alpha value is -2.19. The van der Waals surface area contributed by atoms with Crippen LogP contribution in [-0.2, 0) is 4.74 Å². The molecular formula is C13H16N2O6. The molecule has 0 saturated carbocycles. The summed E-state index contributed by atoms with van der Waals surface area (Å²) in [5.41, 5.74) is 0.438. The van der Waals surface area contributed by atoms with E-state index in [4.69, 9.17) is 9.84 Å². The highest BCUT2D eigenvalue weighted by atomic mass is 16.6. The van der Waals surface area contributed by atoms with Crippen LogP contribution in [0.2, 0.25) is 0 Å². The Kier molecular flexibility index (Phi) is 4.39. The summed E-state index contributed by atoms with van der Waals surface area (Å²) in [6, 6.07) is 2.11. The highest BCUT2D eigenvalue weighted by Crippen LogP contribution is 2.32. The van der Waals surface area contributed by atoms with Crippen molar-refractivity contribution in [1.82, 2.24) is 0 Å². The van der Waals surface area contributed by atoms with Gasteiger partial charge in [-0.25, -0.2) is 4.79 Å². The van der Waals surface area contributed by atoms with Gasteiger partial charge in [-0.15, -0.1) is 0 Å². The van der Waals surface area contributed by atoms with Crippen molar-refractivity contribution < 1.29 is 24.7 Å². The molecular weight excluding hydrogens is 280 g/mol. The average Bonchev–Trinajstić information content (AvgIpc) is 2.46. The number of aliphatic hydroxyl groups excluding tert-OH is 1. The predicted molar refractivity (Wildman–Crippen MR) is 73.8 cm³/mol. The van der Waals surface area contributed by atoms with Crippen LogP contribution in [0.3, 0.4) is 0 Å². The van der Waals surface area contributed by atoms with Gasteiger partial charge in [0.2, 0.25) is 0 Å². The number of carboxylic acids is 1. The molecule has 0 amide bonds. The van der Waals surface area contributed by atoms with Gasteiger partial charge in [0.25, 0.3) is 5.69 Å². The van der Waals surface area contributed by atoms with E-state index in [1.807, 2.05) is 0 Å². The Morgan fingerprint density at radius 2 is 2.29 bits per heavy atom. The number of aliphatic hydroxyl groups is 1. The predicted octanol–water partition coefficient (Wildman–Crippen LogP) is 0.799. The van der Waals surface area contributed by atoms with E-state index >= 15 is 0 Å². The zero-order chi connectivity index (χ0) is 15.6. The molecule has 8 heteroatoms. The minimum atomic E-state index is -1.23. The second-order valence-electron chi connectivity index (χ2n) is 4.81. The van der Waals surface area contributed by atoms with Gasteiger partial charge in [-0.05, 0) is 13.0 Å². The maximum absolute atomic E-state index is 11.2. The van der Waals surface area contributed by atoms with Gasteiger partial charge in [0.1, 0.15) is 0 Å². The first-order chi connectivity index (χ1) is 9.95. The van der Waals surface area contributed by atoms with Gasteiger partial charge in [0.05, 0.1) is 41.9 Å². The molecule has 0 aliphatic carbocycles. The number of nitrogens with zero attached hydrogens (tertiary/aromatic N) is 2. The van der Waals surface area contributed by atoms with E-state index in [-0.39, 0.29) is 23.9 Å². The summed E-state index contributed by atoms with van der Waals surface area (Å²) in [6.07, 6.45) is 0. The molecule has 1 aliphatic rings. The van der Waals surface area contributed by atoms with Crippen LogP contribution in [0, 0.1) is 17.0 Å². The minimum absolute atomic E-state index is 0.148. The van der Waals surface area contributed by atoms with E-state index < -0.39 is 10.9 Å². The molecule has 1 saturated heterocycles. The molecule has 2 N–H and O–H groups in total. The Morgan fingerprint density at radius 1 is 1.57 bits per heavy atom. The van der Waals surface area contributed by atoms with E-state index in [1.54, 1.807) is 11.8 Å². The third kappa shape index (κ3) is 2.96. The van der Waals surface area contributed by atoms with Crippen molar-refractivity contribution in [3.63, 3.8) is 0 Å². The third-order valence-electron chi connectivity index (χ3n) is 3.54. The summed E-state index contributed by atoms with van der Waals surface area (Å²) in [7, 11) is 0. The Labute approximate surface area is 120 Å². The summed E-state index contributed by atoms with van der Waals surface area (Å²) in [5, 5.41) is 29.6. The number of aromatic carboxylic acids is 1. The van der Waals surface area contributed by atoms with Gasteiger partial charge in [0, 0.05) is 18.3 Å². The fourth-order valence-corrected chi connectivity index (χ4v) is 2.42. The molecule has 0 aromatic heterocycles. The normalized spacial score (nSPS) is 18.6. The number of ether oxygens (including phenoxy) is 1. The number of hydrogen-bond donors (Lipinski definition) is 2. The molecule has 0 radical (unpaired) electrons. The van der Waals surface area contributed by atoms with E-state index in [9.17, 15) is 20.0 Å². The minimum Gasteiger partial charge on any atom is -0.478 e. The molecule has 1 heterocycles. The first-order valence-electron chi connectivity index (χ1n) is 6.43. The summed E-state index contributed by atoms with van der Waals surface area (Å²) in [6.45, 7) is 2.54. The lowest BCUT2D eigenvalue weighted by atomic mass is 10.0. The molecule has 1 fully saturated rings. The van der Waals surface area contributed by atoms with Gasteiger partial charge < -0.3 is 19.8 Å². The lowest BCUT2D eigenvalue weighted by Crippen LogP contribution is -2.48. The average molecular weight is 296 g/mol. The zero-order valence-electron chi connectivity index (χ0n) is 11.5. The molecule has 0 spiro atoms. The third-order valence-corrected chi connectivity index (χ3v) is 3.54. The highest BCUT2D eigenvalue weighted by molar-refractivity contribution is 5.90. The Morgan fingerprint density at radius 3 is 2.86 bits per heavy atom. The Balaban J connectivity index is 2.55. The molecule has 1 unspecified atom stereocenters. The number of rotatable bonds is 4. The van der Waals surface area contributed by atoms with E-state index in [0.717, 1.165) is 6.07 Å². The quantitative estimate of drug-likeness (QED) is 0.624. The van der Waals surface area contributed by atoms with Crippen LogP contribution < -0.4 is 4.90 Å². The molecule has 1 aromatic carbocycles. The fourth-order valence-electron chi connectivity index (χ4n) is 2.42. The number of hydrogen-bond acceptors (Lipinski definition) is 6. The molecule has 2 rings (SSSR count). The summed E-state index contributed by atoms with van der Waals surface area (Å²) in [5.74, 6) is -1.23. The summed E-state index contributed by atoms with van der Waals surface area (Å²) in [4.78, 5) is 23.4. The number of nitro benzene ring substituents is 1. The molecule has 1 aromatic rings. The van der Waals surface area contributed by atoms with Crippen LogP contribution >= 0.6 is 0 Å². The number of nitro groups is 1. The van der Waals surface area contributed by atoms with Crippen molar-refractivity contribution in [2.24, 2.45) is 0 Å². The van der Waals surface area contributed by atoms with Crippen molar-refractivity contribution >= 4 is 17.3 Å². The van der Waals surface area contributed by atoms with Crippen LogP contribution in [0.4, 0.5) is 11.4 Å². The van der Waals surface area contributed by atoms with Crippen molar-refractivity contribution in [1.29, 1.82) is 0 Å². The van der Waals surface area contributed by atoms with E-state index in [2.05, 4.69) is 0 Å². The van der Waals surface area contributed by atoms with Crippen molar-refractivity contribution in [3.8, 4) is 0 Å². The standard InChI is InChI=1S/C13H16N2O6/c1-8-11(14-2-3-21-7-10(14)6-16)4-9(13(17)18)5-12(8)15(19)20/h4-5,10,16H,2-3,6-7H2,1H3,(H,17,18). The molecule has 21 heavy (non-hydrogen) atoms. The van der Waals surface area contributed by atoms with Crippen LogP contribution in [0.5, 0.6) is 0 Å². The molecule has 114 valence electrons. The molecule has 0 bridgehead atoms. The lowest BCUT2D eigenvalue weighted by molar-refractivity contribution is -0.385. The second kappa shape index (κ2) is 6.06. The number of morpholine rings is 1. The smallest absolute Gasteiger partial charge is 0.336 e. The van der Waals surface area contributed by atoms with E-state index in [1.165, 1.54) is 6.07 Å². The second-order valence-corrected chi connectivity index (χ2v) is 4.81. The first kappa shape index (κ1) is 15.2. The summed E-state index contributed by atoms with van der Waals surface area (Å²) < 4.78 is 5.27. The van der Waals surface area contributed by atoms with Crippen LogP contribution in [0.25, 0.3) is 0 Å². The monoisotopic (exact) mass is 296 g/mol. The zero-order valence-corrected chi connectivity index (χ0v) is 11.5. The number of anilines is 1. The summed E-state index contributed by atoms with van der Waals surface area (Å²) >= 11 is 0. The van der Waals surface area contributed by atoms with Crippen LogP contribution in [0.15, 0.2) is 12.1 Å². The molecule has 1 atom stereocenters. The largest absolute Gasteiger partial charge is 0.478 e. The topological polar surface area (TPSA) is 113 Å². The SMILES string of the molecule is Cc1c(N2CCOCC2CO)cc(C(=O)O)cc1[N+](=O)[O-]. The Bertz CT molecular complexity index is 574. The van der Waals surface area contributed by atoms with Gasteiger partial charge in [-0.1, -0.05) is 0 Å². The van der Waals surface area contributed by atoms with Gasteiger partial charge in [-0.3, -0.25) is 10.1 Å². The van der Waals surface area contributed by atoms with E-state index in [0.29, 0.717) is 31.0 Å². The van der Waals surface area contributed by atoms with Gasteiger partial charge in [0.15, 0.2) is 0 Å². The highest BCUT2D eigenvalue weighted by Gasteiger charge is 2.28. The van der Waals surface area contributed by atoms with Crippen molar-refractivity contribution in [3.05, 3.63) is 33.4 Å². The van der Waals surface area contributed by atoms with Crippen molar-refractivity contribution in [2.75, 3.05) is 31.3 Å². The van der Waals surface area contributed by atoms with Gasteiger partial charge >= 0.3 is 5.97 Å². The number of benzene rings is 1. The van der Waals surface area contributed by atoms with Crippen molar-refractivity contribution in [2.45, 2.75) is 13.0 Å². The van der Waals surface area contributed by atoms with Gasteiger partial charge in [-0.2, -0.15) is 0 Å². The maximum Gasteiger partial charge on any atom is 0.336 e. The number of carboxylic acid groups (broad SMARTS) is 1. The first-order valence-corrected chi connectivity index (χ1v) is 6.43. The lowest BCUT2D eigenvalue weighted by Gasteiger charge is -2.37. The maximum atomic E-state index is 11.2. The number of carbonyl (C=O) groups is 1. The fraction of sp³-hybridized carbons (Fsp3) is 0.462. The molecule has 8 nitrogen and oxygen atoms in total. The molecule has 1 aliphatic heterocycles. The van der Waals surface area contributed by atoms with Crippen LogP contribution in [-0.4, -0.2) is 53.5 Å².